The average molecular weight is 274 g/mol. The predicted molar refractivity (Wildman–Crippen MR) is 73.0 cm³/mol. The van der Waals surface area contributed by atoms with Crippen LogP contribution in [0.5, 0.6) is 0 Å². The number of carbonyl (C=O) groups excluding carboxylic acids is 1. The molecule has 5 nitrogen and oxygen atoms in total. The van der Waals surface area contributed by atoms with Gasteiger partial charge < -0.3 is 5.11 Å². The van der Waals surface area contributed by atoms with Crippen LogP contribution >= 0.6 is 11.3 Å². The number of benzene rings is 1. The molecule has 1 aromatic heterocycles. The lowest BCUT2D eigenvalue weighted by Gasteiger charge is -1.96. The highest BCUT2D eigenvalue weighted by Gasteiger charge is 2.06. The van der Waals surface area contributed by atoms with E-state index in [9.17, 15) is 9.59 Å². The maximum atomic E-state index is 11.4. The summed E-state index contributed by atoms with van der Waals surface area (Å²) >= 11 is 1.28. The maximum Gasteiger partial charge on any atom is 0.328 e. The van der Waals surface area contributed by atoms with Crippen molar-refractivity contribution >= 4 is 28.3 Å². The van der Waals surface area contributed by atoms with E-state index in [0.29, 0.717) is 5.13 Å². The Bertz CT molecular complexity index is 620. The molecule has 6 heteroatoms. The number of rotatable bonds is 4. The van der Waals surface area contributed by atoms with Gasteiger partial charge in [-0.2, -0.15) is 0 Å². The van der Waals surface area contributed by atoms with Gasteiger partial charge in [0.15, 0.2) is 5.13 Å². The third-order valence-electron chi connectivity index (χ3n) is 2.18. The highest BCUT2D eigenvalue weighted by atomic mass is 32.1. The molecule has 0 aliphatic carbocycles. The Morgan fingerprint density at radius 1 is 1.21 bits per heavy atom. The zero-order valence-electron chi connectivity index (χ0n) is 9.74. The number of hydrogen-bond acceptors (Lipinski definition) is 4. The first-order chi connectivity index (χ1) is 9.15. The first-order valence-corrected chi connectivity index (χ1v) is 6.26. The largest absolute Gasteiger partial charge is 0.478 e. The number of nitrogens with zero attached hydrogens (tertiary/aromatic N) is 1. The van der Waals surface area contributed by atoms with Crippen LogP contribution in [0.3, 0.4) is 0 Å². The quantitative estimate of drug-likeness (QED) is 0.839. The third-order valence-corrected chi connectivity index (χ3v) is 2.94. The number of thiazole rings is 1. The highest BCUT2D eigenvalue weighted by molar-refractivity contribution is 7.14. The van der Waals surface area contributed by atoms with Crippen LogP contribution in [-0.4, -0.2) is 22.0 Å². The Morgan fingerprint density at radius 2 is 1.95 bits per heavy atom. The molecule has 1 amide bonds. The van der Waals surface area contributed by atoms with Crippen molar-refractivity contribution < 1.29 is 14.7 Å². The molecule has 0 saturated carbocycles. The van der Waals surface area contributed by atoms with Crippen LogP contribution in [0.4, 0.5) is 5.13 Å². The summed E-state index contributed by atoms with van der Waals surface area (Å²) in [6, 6.07) is 9.57. The first kappa shape index (κ1) is 13.0. The fourth-order valence-electron chi connectivity index (χ4n) is 1.37. The predicted octanol–water partition coefficient (Wildman–Crippen LogP) is 2.39. The summed E-state index contributed by atoms with van der Waals surface area (Å²) in [5, 5.41) is 13.2. The summed E-state index contributed by atoms with van der Waals surface area (Å²) < 4.78 is 0. The molecule has 0 spiro atoms. The van der Waals surface area contributed by atoms with Crippen molar-refractivity contribution in [3.05, 3.63) is 47.9 Å². The number of carboxylic acid groups (broad SMARTS) is 1. The van der Waals surface area contributed by atoms with Crippen molar-refractivity contribution in [3.63, 3.8) is 0 Å². The summed E-state index contributed by atoms with van der Waals surface area (Å²) in [6.45, 7) is 0. The average Bonchev–Trinajstić information content (AvgIpc) is 2.86. The molecule has 0 atom stereocenters. The molecule has 2 N–H and O–H groups in total. The Labute approximate surface area is 113 Å². The standard InChI is InChI=1S/C13H10N2O3S/c16-11(6-7-12(17)18)15-13-14-10(8-19-13)9-4-2-1-3-5-9/h1-8H,(H,17,18)(H,14,15,16). The topological polar surface area (TPSA) is 79.3 Å². The van der Waals surface area contributed by atoms with Crippen LogP contribution in [0.2, 0.25) is 0 Å². The molecule has 0 aliphatic rings. The lowest BCUT2D eigenvalue weighted by atomic mass is 10.2. The van der Waals surface area contributed by atoms with E-state index < -0.39 is 11.9 Å². The van der Waals surface area contributed by atoms with E-state index in [4.69, 9.17) is 5.11 Å². The van der Waals surface area contributed by atoms with Gasteiger partial charge in [0.1, 0.15) is 0 Å². The molecule has 0 unspecified atom stereocenters. The van der Waals surface area contributed by atoms with Crippen LogP contribution in [-0.2, 0) is 9.59 Å². The molecule has 1 heterocycles. The Balaban J connectivity index is 2.06. The molecule has 0 saturated heterocycles. The fourth-order valence-corrected chi connectivity index (χ4v) is 2.09. The minimum Gasteiger partial charge on any atom is -0.478 e. The summed E-state index contributed by atoms with van der Waals surface area (Å²) in [7, 11) is 0. The minimum atomic E-state index is -1.17. The number of aliphatic carboxylic acids is 1. The van der Waals surface area contributed by atoms with Crippen LogP contribution in [0.25, 0.3) is 11.3 Å². The van der Waals surface area contributed by atoms with Gasteiger partial charge in [0.25, 0.3) is 0 Å². The van der Waals surface area contributed by atoms with Crippen molar-refractivity contribution in [3.8, 4) is 11.3 Å². The molecule has 96 valence electrons. The minimum absolute atomic E-state index is 0.430. The van der Waals surface area contributed by atoms with Crippen molar-refractivity contribution in [1.29, 1.82) is 0 Å². The molecule has 19 heavy (non-hydrogen) atoms. The van der Waals surface area contributed by atoms with Crippen molar-refractivity contribution in [2.45, 2.75) is 0 Å². The van der Waals surface area contributed by atoms with Gasteiger partial charge in [0.2, 0.25) is 5.91 Å². The van der Waals surface area contributed by atoms with Gasteiger partial charge in [0.05, 0.1) is 5.69 Å². The second-order valence-corrected chi connectivity index (χ2v) is 4.42. The number of anilines is 1. The second kappa shape index (κ2) is 5.92. The molecule has 0 fully saturated rings. The summed E-state index contributed by atoms with van der Waals surface area (Å²) in [6.07, 6.45) is 1.73. The van der Waals surface area contributed by atoms with Crippen LogP contribution in [0.15, 0.2) is 47.9 Å². The summed E-state index contributed by atoms with van der Waals surface area (Å²) in [5.41, 5.74) is 1.73. The van der Waals surface area contributed by atoms with Crippen LogP contribution in [0, 0.1) is 0 Å². The van der Waals surface area contributed by atoms with Gasteiger partial charge in [-0.25, -0.2) is 9.78 Å². The molecule has 0 radical (unpaired) electrons. The number of nitrogens with one attached hydrogen (secondary N) is 1. The lowest BCUT2D eigenvalue weighted by molar-refractivity contribution is -0.131. The Morgan fingerprint density at radius 3 is 2.63 bits per heavy atom. The SMILES string of the molecule is O=C(O)C=CC(=O)Nc1nc(-c2ccccc2)cs1. The number of amides is 1. The fraction of sp³-hybridized carbons (Fsp3) is 0. The van der Waals surface area contributed by atoms with Crippen LogP contribution in [0.1, 0.15) is 0 Å². The van der Waals surface area contributed by atoms with E-state index >= 15 is 0 Å². The molecule has 2 aromatic rings. The van der Waals surface area contributed by atoms with E-state index in [1.54, 1.807) is 0 Å². The lowest BCUT2D eigenvalue weighted by Crippen LogP contribution is -2.08. The first-order valence-electron chi connectivity index (χ1n) is 5.38. The second-order valence-electron chi connectivity index (χ2n) is 3.56. The van der Waals surface area contributed by atoms with Crippen molar-refractivity contribution in [1.82, 2.24) is 4.98 Å². The van der Waals surface area contributed by atoms with E-state index in [1.807, 2.05) is 35.7 Å². The van der Waals surface area contributed by atoms with Gasteiger partial charge in [-0.1, -0.05) is 30.3 Å². The van der Waals surface area contributed by atoms with Gasteiger partial charge >= 0.3 is 5.97 Å². The zero-order chi connectivity index (χ0) is 13.7. The third kappa shape index (κ3) is 3.75. The van der Waals surface area contributed by atoms with E-state index in [-0.39, 0.29) is 0 Å². The smallest absolute Gasteiger partial charge is 0.328 e. The van der Waals surface area contributed by atoms with Gasteiger partial charge in [-0.3, -0.25) is 10.1 Å². The summed E-state index contributed by atoms with van der Waals surface area (Å²) in [5.74, 6) is -1.68. The van der Waals surface area contributed by atoms with Gasteiger partial charge in [0, 0.05) is 23.1 Å². The molecule has 0 aliphatic heterocycles. The highest BCUT2D eigenvalue weighted by Crippen LogP contribution is 2.24. The normalized spacial score (nSPS) is 10.5. The van der Waals surface area contributed by atoms with E-state index in [1.165, 1.54) is 11.3 Å². The number of aromatic nitrogens is 1. The zero-order valence-corrected chi connectivity index (χ0v) is 10.6. The monoisotopic (exact) mass is 274 g/mol. The Kier molecular flexibility index (Phi) is 4.04. The van der Waals surface area contributed by atoms with Gasteiger partial charge in [-0.15, -0.1) is 11.3 Å². The summed E-state index contributed by atoms with van der Waals surface area (Å²) in [4.78, 5) is 25.9. The molecular weight excluding hydrogens is 264 g/mol. The Hall–Kier alpha value is -2.47. The van der Waals surface area contributed by atoms with Gasteiger partial charge in [-0.05, 0) is 0 Å². The van der Waals surface area contributed by atoms with Crippen LogP contribution < -0.4 is 5.32 Å². The molecule has 1 aromatic carbocycles. The maximum absolute atomic E-state index is 11.4. The van der Waals surface area contributed by atoms with Crippen molar-refractivity contribution in [2.75, 3.05) is 5.32 Å². The number of hydrogen-bond donors (Lipinski definition) is 2. The van der Waals surface area contributed by atoms with E-state index in [0.717, 1.165) is 23.4 Å². The molecule has 2 rings (SSSR count). The molecule has 0 bridgehead atoms. The molecular formula is C13H10N2O3S. The van der Waals surface area contributed by atoms with E-state index in [2.05, 4.69) is 10.3 Å². The van der Waals surface area contributed by atoms with Crippen molar-refractivity contribution in [2.24, 2.45) is 0 Å². The number of carbonyl (C=O) groups is 2. The number of carboxylic acids is 1.